The third-order valence-electron chi connectivity index (χ3n) is 3.63. The van der Waals surface area contributed by atoms with Crippen molar-refractivity contribution in [1.29, 1.82) is 0 Å². The standard InChI is InChI=1S/C15H18N6OS/c1-4-11-6-5-7-13(21-15(22)20(3)17-18-21)12(11)10-23-14-8-9-19(2)16-14/h5-9H,4,10H2,1-3H3. The summed E-state index contributed by atoms with van der Waals surface area (Å²) in [5.41, 5.74) is 2.82. The molecule has 0 saturated heterocycles. The van der Waals surface area contributed by atoms with Gasteiger partial charge in [0.15, 0.2) is 0 Å². The molecule has 0 spiro atoms. The molecular formula is C15H18N6OS. The average molecular weight is 330 g/mol. The fourth-order valence-electron chi connectivity index (χ4n) is 2.40. The van der Waals surface area contributed by atoms with E-state index in [1.165, 1.54) is 14.9 Å². The van der Waals surface area contributed by atoms with E-state index in [0.29, 0.717) is 0 Å². The predicted molar refractivity (Wildman–Crippen MR) is 88.7 cm³/mol. The highest BCUT2D eigenvalue weighted by atomic mass is 32.2. The van der Waals surface area contributed by atoms with Gasteiger partial charge < -0.3 is 0 Å². The van der Waals surface area contributed by atoms with Crippen molar-refractivity contribution in [3.8, 4) is 5.69 Å². The Morgan fingerprint density at radius 2 is 2.00 bits per heavy atom. The average Bonchev–Trinajstić information content (AvgIpc) is 3.11. The third kappa shape index (κ3) is 3.07. The second kappa shape index (κ2) is 6.41. The fourth-order valence-corrected chi connectivity index (χ4v) is 3.37. The van der Waals surface area contributed by atoms with Gasteiger partial charge in [0, 0.05) is 26.0 Å². The smallest absolute Gasteiger partial charge is 0.275 e. The van der Waals surface area contributed by atoms with Gasteiger partial charge >= 0.3 is 5.69 Å². The molecule has 2 heterocycles. The molecule has 8 heteroatoms. The van der Waals surface area contributed by atoms with Crippen LogP contribution in [0.3, 0.4) is 0 Å². The van der Waals surface area contributed by atoms with Crippen LogP contribution in [0.5, 0.6) is 0 Å². The molecule has 3 aromatic rings. The summed E-state index contributed by atoms with van der Waals surface area (Å²) in [5.74, 6) is 0.722. The maximum absolute atomic E-state index is 12.2. The van der Waals surface area contributed by atoms with Gasteiger partial charge in [-0.2, -0.15) is 14.5 Å². The highest BCUT2D eigenvalue weighted by Gasteiger charge is 2.14. The highest BCUT2D eigenvalue weighted by molar-refractivity contribution is 7.98. The van der Waals surface area contributed by atoms with Gasteiger partial charge in [0.25, 0.3) is 0 Å². The Hall–Kier alpha value is -2.35. The van der Waals surface area contributed by atoms with Crippen molar-refractivity contribution in [2.45, 2.75) is 24.1 Å². The highest BCUT2D eigenvalue weighted by Crippen LogP contribution is 2.27. The molecule has 0 unspecified atom stereocenters. The van der Waals surface area contributed by atoms with E-state index in [1.54, 1.807) is 23.5 Å². The van der Waals surface area contributed by atoms with E-state index < -0.39 is 0 Å². The fraction of sp³-hybridized carbons (Fsp3) is 0.333. The number of tetrazole rings is 1. The number of hydrogen-bond donors (Lipinski definition) is 0. The summed E-state index contributed by atoms with van der Waals surface area (Å²) in [7, 11) is 3.49. The van der Waals surface area contributed by atoms with Gasteiger partial charge in [0.1, 0.15) is 5.03 Å². The van der Waals surface area contributed by atoms with Crippen molar-refractivity contribution in [3.63, 3.8) is 0 Å². The molecule has 2 aromatic heterocycles. The molecule has 0 aliphatic rings. The van der Waals surface area contributed by atoms with Crippen LogP contribution in [0.1, 0.15) is 18.1 Å². The lowest BCUT2D eigenvalue weighted by Crippen LogP contribution is -2.23. The zero-order chi connectivity index (χ0) is 16.4. The van der Waals surface area contributed by atoms with E-state index in [9.17, 15) is 4.79 Å². The zero-order valence-corrected chi connectivity index (χ0v) is 14.1. The van der Waals surface area contributed by atoms with E-state index in [4.69, 9.17) is 0 Å². The monoisotopic (exact) mass is 330 g/mol. The Morgan fingerprint density at radius 1 is 1.17 bits per heavy atom. The summed E-state index contributed by atoms with van der Waals surface area (Å²) in [4.78, 5) is 12.2. The molecule has 7 nitrogen and oxygen atoms in total. The summed E-state index contributed by atoms with van der Waals surface area (Å²) >= 11 is 1.64. The van der Waals surface area contributed by atoms with E-state index in [2.05, 4.69) is 28.5 Å². The van der Waals surface area contributed by atoms with Gasteiger partial charge in [-0.1, -0.05) is 30.8 Å². The van der Waals surface area contributed by atoms with Crippen LogP contribution in [0.2, 0.25) is 0 Å². The van der Waals surface area contributed by atoms with E-state index in [1.807, 2.05) is 31.4 Å². The van der Waals surface area contributed by atoms with E-state index in [-0.39, 0.29) is 5.69 Å². The van der Waals surface area contributed by atoms with Crippen LogP contribution in [0, 0.1) is 0 Å². The Bertz CT molecular complexity index is 878. The van der Waals surface area contributed by atoms with Gasteiger partial charge in [-0.25, -0.2) is 4.79 Å². The van der Waals surface area contributed by atoms with Gasteiger partial charge in [0.05, 0.1) is 5.69 Å². The quantitative estimate of drug-likeness (QED) is 0.664. The predicted octanol–water partition coefficient (Wildman–Crippen LogP) is 1.55. The Morgan fingerprint density at radius 3 is 2.61 bits per heavy atom. The molecule has 1 aromatic carbocycles. The lowest BCUT2D eigenvalue weighted by atomic mass is 10.0. The number of hydrogen-bond acceptors (Lipinski definition) is 5. The summed E-state index contributed by atoms with van der Waals surface area (Å²) < 4.78 is 4.36. The van der Waals surface area contributed by atoms with Crippen molar-refractivity contribution in [2.75, 3.05) is 0 Å². The van der Waals surface area contributed by atoms with Crippen molar-refractivity contribution in [1.82, 2.24) is 29.6 Å². The molecule has 23 heavy (non-hydrogen) atoms. The molecule has 0 fully saturated rings. The van der Waals surface area contributed by atoms with Crippen LogP contribution in [0.4, 0.5) is 0 Å². The number of rotatable bonds is 5. The number of benzene rings is 1. The first-order valence-corrected chi connectivity index (χ1v) is 8.31. The molecule has 0 N–H and O–H groups in total. The Kier molecular flexibility index (Phi) is 4.33. The second-order valence-corrected chi connectivity index (χ2v) is 6.18. The lowest BCUT2D eigenvalue weighted by Gasteiger charge is -2.12. The molecule has 0 amide bonds. The molecule has 0 bridgehead atoms. The molecule has 0 radical (unpaired) electrons. The van der Waals surface area contributed by atoms with Crippen LogP contribution < -0.4 is 5.69 Å². The van der Waals surface area contributed by atoms with Crippen LogP contribution in [0.25, 0.3) is 5.69 Å². The second-order valence-electron chi connectivity index (χ2n) is 5.18. The topological polar surface area (TPSA) is 70.5 Å². The normalized spacial score (nSPS) is 11.1. The van der Waals surface area contributed by atoms with Crippen LogP contribution in [0.15, 0.2) is 40.3 Å². The zero-order valence-electron chi connectivity index (χ0n) is 13.3. The van der Waals surface area contributed by atoms with Gasteiger partial charge in [-0.3, -0.25) is 4.68 Å². The minimum Gasteiger partial charge on any atom is -0.275 e. The van der Waals surface area contributed by atoms with E-state index >= 15 is 0 Å². The molecule has 0 atom stereocenters. The van der Waals surface area contributed by atoms with Crippen molar-refractivity contribution < 1.29 is 0 Å². The largest absolute Gasteiger partial charge is 0.368 e. The van der Waals surface area contributed by atoms with Gasteiger partial charge in [0.2, 0.25) is 0 Å². The maximum Gasteiger partial charge on any atom is 0.368 e. The number of aryl methyl sites for hydroxylation is 3. The third-order valence-corrected chi connectivity index (χ3v) is 4.58. The minimum absolute atomic E-state index is 0.248. The van der Waals surface area contributed by atoms with Crippen LogP contribution >= 0.6 is 11.8 Å². The number of thioether (sulfide) groups is 1. The van der Waals surface area contributed by atoms with Crippen molar-refractivity contribution in [2.24, 2.45) is 14.1 Å². The SMILES string of the molecule is CCc1cccc(-n2nnn(C)c2=O)c1CSc1ccn(C)n1. The minimum atomic E-state index is -0.248. The molecular weight excluding hydrogens is 312 g/mol. The van der Waals surface area contributed by atoms with Crippen molar-refractivity contribution in [3.05, 3.63) is 52.1 Å². The molecule has 3 rings (SSSR count). The van der Waals surface area contributed by atoms with Gasteiger partial charge in [-0.05, 0) is 40.1 Å². The molecule has 120 valence electrons. The first-order chi connectivity index (χ1) is 11.1. The summed E-state index contributed by atoms with van der Waals surface area (Å²) in [6.45, 7) is 2.10. The van der Waals surface area contributed by atoms with Crippen LogP contribution in [-0.2, 0) is 26.3 Å². The lowest BCUT2D eigenvalue weighted by molar-refractivity contribution is 0.692. The van der Waals surface area contributed by atoms with Gasteiger partial charge in [-0.15, -0.1) is 0 Å². The number of aromatic nitrogens is 6. The first kappa shape index (κ1) is 15.5. The van der Waals surface area contributed by atoms with E-state index in [0.717, 1.165) is 28.5 Å². The summed E-state index contributed by atoms with van der Waals surface area (Å²) in [6, 6.07) is 7.92. The summed E-state index contributed by atoms with van der Waals surface area (Å²) in [5, 5.41) is 13.1. The molecule has 0 saturated carbocycles. The Labute approximate surface area is 137 Å². The molecule has 0 aliphatic carbocycles. The Balaban J connectivity index is 2.00. The number of nitrogens with zero attached hydrogens (tertiary/aromatic N) is 6. The van der Waals surface area contributed by atoms with Crippen molar-refractivity contribution >= 4 is 11.8 Å². The first-order valence-electron chi connectivity index (χ1n) is 7.32. The maximum atomic E-state index is 12.2. The molecule has 0 aliphatic heterocycles. The summed E-state index contributed by atoms with van der Waals surface area (Å²) in [6.07, 6.45) is 2.81. The van der Waals surface area contributed by atoms with Crippen LogP contribution in [-0.4, -0.2) is 29.6 Å².